The van der Waals surface area contributed by atoms with Crippen LogP contribution >= 0.6 is 12.2 Å². The van der Waals surface area contributed by atoms with Crippen molar-refractivity contribution in [3.05, 3.63) is 102 Å². The molecule has 4 aromatic rings. The summed E-state index contributed by atoms with van der Waals surface area (Å²) in [7, 11) is 1.64. The van der Waals surface area contributed by atoms with Gasteiger partial charge >= 0.3 is 0 Å². The SMILES string of the molecule is CCc1cccc(N2C(=S)NC(c3ccccc3)C(c3nc(-c4cccc(OC)c4)no3)=C2C)c1. The lowest BCUT2D eigenvalue weighted by Gasteiger charge is -2.37. The molecule has 0 bridgehead atoms. The highest BCUT2D eigenvalue weighted by atomic mass is 32.1. The second-order valence-corrected chi connectivity index (χ2v) is 8.69. The fraction of sp³-hybridized carbons (Fsp3) is 0.179. The summed E-state index contributed by atoms with van der Waals surface area (Å²) in [6, 6.07) is 26.0. The normalized spacial score (nSPS) is 15.8. The van der Waals surface area contributed by atoms with Gasteiger partial charge in [-0.1, -0.05) is 66.7 Å². The van der Waals surface area contributed by atoms with Gasteiger partial charge in [0.25, 0.3) is 5.89 Å². The molecule has 5 rings (SSSR count). The summed E-state index contributed by atoms with van der Waals surface area (Å²) >= 11 is 5.86. The Morgan fingerprint density at radius 1 is 1.03 bits per heavy atom. The van der Waals surface area contributed by atoms with E-state index < -0.39 is 0 Å². The molecule has 0 aliphatic carbocycles. The van der Waals surface area contributed by atoms with Gasteiger partial charge in [0.1, 0.15) is 5.75 Å². The Kier molecular flexibility index (Phi) is 6.33. The summed E-state index contributed by atoms with van der Waals surface area (Å²) in [6.07, 6.45) is 0.942. The van der Waals surface area contributed by atoms with Crippen molar-refractivity contribution in [2.24, 2.45) is 0 Å². The van der Waals surface area contributed by atoms with Crippen LogP contribution in [-0.2, 0) is 6.42 Å². The number of methoxy groups -OCH3 is 1. The van der Waals surface area contributed by atoms with Gasteiger partial charge in [0.2, 0.25) is 5.82 Å². The molecule has 2 heterocycles. The molecule has 1 N–H and O–H groups in total. The molecular formula is C28H26N4O2S. The van der Waals surface area contributed by atoms with Gasteiger partial charge in [0.15, 0.2) is 5.11 Å². The number of ether oxygens (including phenoxy) is 1. The maximum absolute atomic E-state index is 5.86. The van der Waals surface area contributed by atoms with Crippen molar-refractivity contribution >= 4 is 28.6 Å². The van der Waals surface area contributed by atoms with Crippen molar-refractivity contribution in [2.75, 3.05) is 12.0 Å². The molecule has 0 spiro atoms. The molecule has 0 saturated carbocycles. The van der Waals surface area contributed by atoms with Crippen LogP contribution in [0.4, 0.5) is 5.69 Å². The van der Waals surface area contributed by atoms with Crippen LogP contribution in [0.2, 0.25) is 0 Å². The predicted molar refractivity (Wildman–Crippen MR) is 142 cm³/mol. The van der Waals surface area contributed by atoms with Crippen molar-refractivity contribution in [1.82, 2.24) is 15.5 Å². The summed E-state index contributed by atoms with van der Waals surface area (Å²) < 4.78 is 11.2. The van der Waals surface area contributed by atoms with E-state index in [0.717, 1.165) is 40.3 Å². The third kappa shape index (κ3) is 4.42. The summed E-state index contributed by atoms with van der Waals surface area (Å²) in [5.74, 6) is 1.68. The molecule has 0 fully saturated rings. The molecule has 1 aliphatic heterocycles. The zero-order valence-corrected chi connectivity index (χ0v) is 20.7. The highest BCUT2D eigenvalue weighted by molar-refractivity contribution is 7.80. The molecule has 0 radical (unpaired) electrons. The van der Waals surface area contributed by atoms with E-state index in [1.165, 1.54) is 5.56 Å². The van der Waals surface area contributed by atoms with Crippen LogP contribution in [0.25, 0.3) is 17.0 Å². The second-order valence-electron chi connectivity index (χ2n) is 8.31. The van der Waals surface area contributed by atoms with E-state index in [1.807, 2.05) is 54.3 Å². The highest BCUT2D eigenvalue weighted by Crippen LogP contribution is 2.39. The molecule has 1 aliphatic rings. The standard InChI is InChI=1S/C28H26N4O2S/c1-4-19-10-8-14-22(16-19)32-18(2)24(25(29-28(32)35)20-11-6-5-7-12-20)27-30-26(31-34-27)21-13-9-15-23(17-21)33-3/h5-17,25H,4H2,1-3H3,(H,29,35). The molecule has 1 atom stereocenters. The van der Waals surface area contributed by atoms with Crippen LogP contribution in [0.1, 0.15) is 36.9 Å². The van der Waals surface area contributed by atoms with Gasteiger partial charge in [-0.3, -0.25) is 4.90 Å². The number of aromatic nitrogens is 2. The first-order chi connectivity index (χ1) is 17.1. The van der Waals surface area contributed by atoms with E-state index in [-0.39, 0.29) is 6.04 Å². The fourth-order valence-corrected chi connectivity index (χ4v) is 4.71. The first kappa shape index (κ1) is 22.8. The Balaban J connectivity index is 1.64. The number of hydrogen-bond donors (Lipinski definition) is 1. The van der Waals surface area contributed by atoms with Gasteiger partial charge in [0.05, 0.1) is 18.7 Å². The summed E-state index contributed by atoms with van der Waals surface area (Å²) in [6.45, 7) is 4.19. The largest absolute Gasteiger partial charge is 0.497 e. The number of allylic oxidation sites excluding steroid dienone is 1. The van der Waals surface area contributed by atoms with Gasteiger partial charge < -0.3 is 14.6 Å². The van der Waals surface area contributed by atoms with Crippen LogP contribution in [0.15, 0.2) is 89.1 Å². The average molecular weight is 483 g/mol. The number of nitrogens with one attached hydrogen (secondary N) is 1. The zero-order chi connectivity index (χ0) is 24.4. The number of thiocarbonyl (C=S) groups is 1. The third-order valence-electron chi connectivity index (χ3n) is 6.18. The Morgan fingerprint density at radius 2 is 1.83 bits per heavy atom. The maximum Gasteiger partial charge on any atom is 0.258 e. The molecule has 176 valence electrons. The number of benzene rings is 3. The van der Waals surface area contributed by atoms with Crippen molar-refractivity contribution in [3.8, 4) is 17.1 Å². The third-order valence-corrected chi connectivity index (χ3v) is 6.48. The lowest BCUT2D eigenvalue weighted by molar-refractivity contribution is 0.403. The molecule has 6 nitrogen and oxygen atoms in total. The zero-order valence-electron chi connectivity index (χ0n) is 19.9. The Bertz CT molecular complexity index is 1400. The number of rotatable bonds is 6. The van der Waals surface area contributed by atoms with E-state index in [4.69, 9.17) is 26.5 Å². The minimum Gasteiger partial charge on any atom is -0.497 e. The minimum atomic E-state index is -0.229. The Hall–Kier alpha value is -3.97. The summed E-state index contributed by atoms with van der Waals surface area (Å²) in [4.78, 5) is 6.83. The lowest BCUT2D eigenvalue weighted by Crippen LogP contribution is -2.46. The average Bonchev–Trinajstić information content (AvgIpc) is 3.39. The Labute approximate surface area is 210 Å². The van der Waals surface area contributed by atoms with Crippen LogP contribution in [0.5, 0.6) is 5.75 Å². The first-order valence-corrected chi connectivity index (χ1v) is 11.9. The number of anilines is 1. The summed E-state index contributed by atoms with van der Waals surface area (Å²) in [5.41, 5.74) is 5.94. The van der Waals surface area contributed by atoms with Gasteiger partial charge in [-0.2, -0.15) is 4.98 Å². The molecule has 0 amide bonds. The van der Waals surface area contributed by atoms with Crippen molar-refractivity contribution in [3.63, 3.8) is 0 Å². The maximum atomic E-state index is 5.86. The van der Waals surface area contributed by atoms with E-state index >= 15 is 0 Å². The van der Waals surface area contributed by atoms with Gasteiger partial charge in [-0.15, -0.1) is 0 Å². The van der Waals surface area contributed by atoms with Crippen molar-refractivity contribution < 1.29 is 9.26 Å². The molecule has 1 aromatic heterocycles. The molecular weight excluding hydrogens is 456 g/mol. The van der Waals surface area contributed by atoms with Gasteiger partial charge in [0, 0.05) is 16.9 Å². The van der Waals surface area contributed by atoms with E-state index in [9.17, 15) is 0 Å². The highest BCUT2D eigenvalue weighted by Gasteiger charge is 2.34. The van der Waals surface area contributed by atoms with E-state index in [2.05, 4.69) is 53.8 Å². The minimum absolute atomic E-state index is 0.229. The quantitative estimate of drug-likeness (QED) is 0.330. The van der Waals surface area contributed by atoms with Gasteiger partial charge in [-0.05, 0) is 61.0 Å². The first-order valence-electron chi connectivity index (χ1n) is 11.5. The number of aryl methyl sites for hydroxylation is 1. The smallest absolute Gasteiger partial charge is 0.258 e. The summed E-state index contributed by atoms with van der Waals surface area (Å²) in [5, 5.41) is 8.43. The van der Waals surface area contributed by atoms with E-state index in [0.29, 0.717) is 16.8 Å². The number of hydrogen-bond acceptors (Lipinski definition) is 5. The van der Waals surface area contributed by atoms with Crippen LogP contribution in [0, 0.1) is 0 Å². The van der Waals surface area contributed by atoms with Crippen LogP contribution < -0.4 is 15.0 Å². The van der Waals surface area contributed by atoms with Gasteiger partial charge in [-0.25, -0.2) is 0 Å². The molecule has 3 aromatic carbocycles. The number of nitrogens with zero attached hydrogens (tertiary/aromatic N) is 3. The molecule has 35 heavy (non-hydrogen) atoms. The second kappa shape index (κ2) is 9.72. The fourth-order valence-electron chi connectivity index (χ4n) is 4.35. The molecule has 7 heteroatoms. The topological polar surface area (TPSA) is 63.4 Å². The van der Waals surface area contributed by atoms with Crippen molar-refractivity contribution in [2.45, 2.75) is 26.3 Å². The van der Waals surface area contributed by atoms with Crippen molar-refractivity contribution in [1.29, 1.82) is 0 Å². The molecule has 1 unspecified atom stereocenters. The predicted octanol–water partition coefficient (Wildman–Crippen LogP) is 6.17. The van der Waals surface area contributed by atoms with E-state index in [1.54, 1.807) is 7.11 Å². The molecule has 0 saturated heterocycles. The lowest BCUT2D eigenvalue weighted by atomic mass is 9.94. The monoisotopic (exact) mass is 482 g/mol. The van der Waals surface area contributed by atoms with Crippen LogP contribution in [0.3, 0.4) is 0 Å². The van der Waals surface area contributed by atoms with Crippen LogP contribution in [-0.4, -0.2) is 22.4 Å². The Morgan fingerprint density at radius 3 is 2.60 bits per heavy atom.